The number of H-pyrrole nitrogens is 1. The monoisotopic (exact) mass is 420 g/mol. The van der Waals surface area contributed by atoms with Crippen molar-refractivity contribution in [3.8, 4) is 11.5 Å². The first kappa shape index (κ1) is 19.4. The van der Waals surface area contributed by atoms with Crippen LogP contribution in [0.25, 0.3) is 32.5 Å². The van der Waals surface area contributed by atoms with Crippen molar-refractivity contribution in [2.24, 2.45) is 0 Å². The third-order valence-electron chi connectivity index (χ3n) is 5.67. The number of aromatic nitrogens is 3. The first-order valence-corrected chi connectivity index (χ1v) is 11.2. The molecule has 3 aromatic heterocycles. The lowest BCUT2D eigenvalue weighted by molar-refractivity contribution is 0.141. The quantitative estimate of drug-likeness (QED) is 0.544. The minimum absolute atomic E-state index is 0.115. The number of hydrogen-bond acceptors (Lipinski definition) is 6. The molecule has 0 atom stereocenters. The molecule has 0 spiro atoms. The maximum absolute atomic E-state index is 12.9. The van der Waals surface area contributed by atoms with Gasteiger partial charge >= 0.3 is 0 Å². The Bertz CT molecular complexity index is 1260. The molecule has 1 N–H and O–H groups in total. The topological polar surface area (TPSA) is 71.1 Å². The highest BCUT2D eigenvalue weighted by molar-refractivity contribution is 7.17. The number of aromatic amines is 1. The summed E-state index contributed by atoms with van der Waals surface area (Å²) in [4.78, 5) is 27.5. The third kappa shape index (κ3) is 3.88. The largest absolute Gasteiger partial charge is 0.380 e. The van der Waals surface area contributed by atoms with E-state index in [0.29, 0.717) is 16.9 Å². The van der Waals surface area contributed by atoms with E-state index in [9.17, 15) is 4.79 Å². The van der Waals surface area contributed by atoms with Crippen LogP contribution in [0.4, 0.5) is 0 Å². The van der Waals surface area contributed by atoms with Crippen LogP contribution in [0, 0.1) is 6.92 Å². The molecule has 0 unspecified atom stereocenters. The summed E-state index contributed by atoms with van der Waals surface area (Å²) in [5, 5.41) is 3.79. The lowest BCUT2D eigenvalue weighted by Crippen LogP contribution is -2.28. The molecule has 154 valence electrons. The summed E-state index contributed by atoms with van der Waals surface area (Å²) >= 11 is 1.65. The van der Waals surface area contributed by atoms with Gasteiger partial charge in [0, 0.05) is 32.4 Å². The molecular weight excluding hydrogens is 396 g/mol. The van der Waals surface area contributed by atoms with Crippen LogP contribution in [-0.2, 0) is 11.2 Å². The Morgan fingerprint density at radius 3 is 3.10 bits per heavy atom. The van der Waals surface area contributed by atoms with E-state index in [1.807, 2.05) is 30.6 Å². The SMILES string of the molecule is Cc1cc(CCN2CCCOCC2)cc2c(=O)[nH]c(-c3cc4ccsc4cn3)nc12. The van der Waals surface area contributed by atoms with Gasteiger partial charge in [-0.25, -0.2) is 4.98 Å². The van der Waals surface area contributed by atoms with Gasteiger partial charge in [-0.05, 0) is 59.9 Å². The van der Waals surface area contributed by atoms with Crippen LogP contribution in [0.2, 0.25) is 0 Å². The van der Waals surface area contributed by atoms with E-state index < -0.39 is 0 Å². The third-order valence-corrected chi connectivity index (χ3v) is 6.54. The van der Waals surface area contributed by atoms with Gasteiger partial charge in [-0.2, -0.15) is 0 Å². The average Bonchev–Trinajstić information content (AvgIpc) is 3.06. The molecule has 7 heteroatoms. The van der Waals surface area contributed by atoms with Crippen molar-refractivity contribution < 1.29 is 4.74 Å². The fourth-order valence-corrected chi connectivity index (χ4v) is 4.80. The van der Waals surface area contributed by atoms with Gasteiger partial charge in [-0.15, -0.1) is 11.3 Å². The Balaban J connectivity index is 1.45. The minimum atomic E-state index is -0.115. The van der Waals surface area contributed by atoms with Crippen molar-refractivity contribution in [2.75, 3.05) is 32.8 Å². The number of fused-ring (bicyclic) bond motifs is 2. The summed E-state index contributed by atoms with van der Waals surface area (Å²) in [5.41, 5.74) is 3.50. The van der Waals surface area contributed by atoms with E-state index in [1.54, 1.807) is 11.3 Å². The summed E-state index contributed by atoms with van der Waals surface area (Å²) < 4.78 is 6.66. The first-order valence-electron chi connectivity index (χ1n) is 10.3. The summed E-state index contributed by atoms with van der Waals surface area (Å²) in [7, 11) is 0. The molecule has 0 saturated carbocycles. The molecule has 4 heterocycles. The smallest absolute Gasteiger partial charge is 0.259 e. The predicted octanol–water partition coefficient (Wildman–Crippen LogP) is 3.77. The van der Waals surface area contributed by atoms with Crippen LogP contribution in [0.1, 0.15) is 17.5 Å². The zero-order valence-corrected chi connectivity index (χ0v) is 17.8. The van der Waals surface area contributed by atoms with Crippen molar-refractivity contribution in [1.29, 1.82) is 0 Å². The number of nitrogens with one attached hydrogen (secondary N) is 1. The van der Waals surface area contributed by atoms with E-state index in [2.05, 4.69) is 27.0 Å². The fourth-order valence-electron chi connectivity index (χ4n) is 4.06. The molecule has 1 aromatic carbocycles. The highest BCUT2D eigenvalue weighted by Crippen LogP contribution is 2.25. The van der Waals surface area contributed by atoms with Gasteiger partial charge in [-0.1, -0.05) is 6.07 Å². The predicted molar refractivity (Wildman–Crippen MR) is 121 cm³/mol. The molecule has 1 aliphatic heterocycles. The molecule has 30 heavy (non-hydrogen) atoms. The van der Waals surface area contributed by atoms with Crippen molar-refractivity contribution in [2.45, 2.75) is 19.8 Å². The fraction of sp³-hybridized carbons (Fsp3) is 0.348. The van der Waals surface area contributed by atoms with Gasteiger partial charge < -0.3 is 14.6 Å². The van der Waals surface area contributed by atoms with Gasteiger partial charge in [0.2, 0.25) is 0 Å². The normalized spacial score (nSPS) is 15.6. The molecule has 0 bridgehead atoms. The lowest BCUT2D eigenvalue weighted by atomic mass is 10.0. The molecule has 0 radical (unpaired) electrons. The Kier molecular flexibility index (Phi) is 5.33. The molecular formula is C23H24N4O2S. The molecule has 1 fully saturated rings. The van der Waals surface area contributed by atoms with Gasteiger partial charge in [-0.3, -0.25) is 9.78 Å². The van der Waals surface area contributed by atoms with Crippen LogP contribution < -0.4 is 5.56 Å². The van der Waals surface area contributed by atoms with E-state index >= 15 is 0 Å². The van der Waals surface area contributed by atoms with Crippen LogP contribution in [0.3, 0.4) is 0 Å². The first-order chi connectivity index (χ1) is 14.7. The zero-order valence-electron chi connectivity index (χ0n) is 17.0. The maximum atomic E-state index is 12.9. The molecule has 0 aliphatic carbocycles. The number of benzene rings is 1. The zero-order chi connectivity index (χ0) is 20.5. The number of pyridine rings is 1. The Morgan fingerprint density at radius 1 is 1.23 bits per heavy atom. The average molecular weight is 421 g/mol. The van der Waals surface area contributed by atoms with Crippen molar-refractivity contribution in [3.05, 3.63) is 57.3 Å². The Morgan fingerprint density at radius 2 is 2.17 bits per heavy atom. The van der Waals surface area contributed by atoms with Gasteiger partial charge in [0.1, 0.15) is 5.69 Å². The number of ether oxygens (including phenoxy) is 1. The maximum Gasteiger partial charge on any atom is 0.259 e. The van der Waals surface area contributed by atoms with Crippen molar-refractivity contribution >= 4 is 32.3 Å². The Hall–Kier alpha value is -2.61. The number of rotatable bonds is 4. The van der Waals surface area contributed by atoms with E-state index in [0.717, 1.165) is 66.9 Å². The Labute approximate surface area is 178 Å². The second-order valence-electron chi connectivity index (χ2n) is 7.81. The number of nitrogens with zero attached hydrogens (tertiary/aromatic N) is 3. The molecule has 0 amide bonds. The van der Waals surface area contributed by atoms with Gasteiger partial charge in [0.25, 0.3) is 5.56 Å². The summed E-state index contributed by atoms with van der Waals surface area (Å²) in [6.45, 7) is 6.69. The number of thiophene rings is 1. The summed E-state index contributed by atoms with van der Waals surface area (Å²) in [6, 6.07) is 8.17. The number of hydrogen-bond donors (Lipinski definition) is 1. The van der Waals surface area contributed by atoms with Gasteiger partial charge in [0.05, 0.1) is 22.2 Å². The standard InChI is InChI=1S/C23H24N4O2S/c1-15-11-16(3-6-27-5-2-8-29-9-7-27)12-18-21(15)25-22(26-23(18)28)19-13-17-4-10-30-20(17)14-24-19/h4,10-14H,2-3,5-9H2,1H3,(H,25,26,28). The van der Waals surface area contributed by atoms with Crippen molar-refractivity contribution in [3.63, 3.8) is 0 Å². The summed E-state index contributed by atoms with van der Waals surface area (Å²) in [6.07, 6.45) is 3.83. The minimum Gasteiger partial charge on any atom is -0.380 e. The molecule has 5 rings (SSSR count). The summed E-state index contributed by atoms with van der Waals surface area (Å²) in [5.74, 6) is 0.515. The molecule has 4 aromatic rings. The van der Waals surface area contributed by atoms with Crippen LogP contribution in [-0.4, -0.2) is 52.7 Å². The van der Waals surface area contributed by atoms with Gasteiger partial charge in [0.15, 0.2) is 5.82 Å². The van der Waals surface area contributed by atoms with Crippen LogP contribution >= 0.6 is 11.3 Å². The second kappa shape index (κ2) is 8.26. The number of aryl methyl sites for hydroxylation is 1. The van der Waals surface area contributed by atoms with Crippen LogP contribution in [0.15, 0.2) is 40.6 Å². The second-order valence-corrected chi connectivity index (χ2v) is 8.76. The molecule has 1 aliphatic rings. The van der Waals surface area contributed by atoms with Crippen molar-refractivity contribution in [1.82, 2.24) is 19.9 Å². The molecule has 6 nitrogen and oxygen atoms in total. The highest BCUT2D eigenvalue weighted by Gasteiger charge is 2.13. The lowest BCUT2D eigenvalue weighted by Gasteiger charge is -2.19. The van der Waals surface area contributed by atoms with E-state index in [4.69, 9.17) is 9.72 Å². The van der Waals surface area contributed by atoms with E-state index in [-0.39, 0.29) is 5.56 Å². The van der Waals surface area contributed by atoms with E-state index in [1.165, 1.54) is 5.56 Å². The molecule has 1 saturated heterocycles. The highest BCUT2D eigenvalue weighted by atomic mass is 32.1. The van der Waals surface area contributed by atoms with Crippen LogP contribution in [0.5, 0.6) is 0 Å².